The molecule has 1 aromatic carbocycles. The van der Waals surface area contributed by atoms with E-state index in [1.54, 1.807) is 23.9 Å². The van der Waals surface area contributed by atoms with E-state index in [4.69, 9.17) is 10.8 Å². The second-order valence-corrected chi connectivity index (χ2v) is 4.99. The Kier molecular flexibility index (Phi) is 5.67. The fourth-order valence-electron chi connectivity index (χ4n) is 1.30. The van der Waals surface area contributed by atoms with Crippen LogP contribution in [0.2, 0.25) is 0 Å². The Morgan fingerprint density at radius 3 is 2.50 bits per heavy atom. The normalized spacial score (nSPS) is 11.9. The van der Waals surface area contributed by atoms with Gasteiger partial charge in [-0.15, -0.1) is 11.8 Å². The van der Waals surface area contributed by atoms with Crippen molar-refractivity contribution in [1.29, 1.82) is 0 Å². The summed E-state index contributed by atoms with van der Waals surface area (Å²) in [6.07, 6.45) is -0.235. The third-order valence-electron chi connectivity index (χ3n) is 2.17. The topological polar surface area (TPSA) is 92.4 Å². The molecule has 0 radical (unpaired) electrons. The Hall–Kier alpha value is -1.53. The van der Waals surface area contributed by atoms with Crippen molar-refractivity contribution in [3.8, 4) is 0 Å². The lowest BCUT2D eigenvalue weighted by molar-refractivity contribution is -0.140. The fraction of sp³-hybridized carbons (Fsp3) is 0.333. The van der Waals surface area contributed by atoms with Crippen molar-refractivity contribution in [2.45, 2.75) is 24.3 Å². The zero-order chi connectivity index (χ0) is 13.5. The Labute approximate surface area is 110 Å². The molecule has 0 bridgehead atoms. The van der Waals surface area contributed by atoms with Gasteiger partial charge >= 0.3 is 5.97 Å². The molecule has 6 heteroatoms. The van der Waals surface area contributed by atoms with Gasteiger partial charge in [-0.25, -0.2) is 0 Å². The number of nitrogens with two attached hydrogens (primary N) is 1. The number of anilines is 1. The van der Waals surface area contributed by atoms with Gasteiger partial charge in [-0.3, -0.25) is 9.59 Å². The quantitative estimate of drug-likeness (QED) is 0.681. The van der Waals surface area contributed by atoms with Crippen LogP contribution in [0, 0.1) is 0 Å². The Morgan fingerprint density at radius 2 is 2.00 bits per heavy atom. The van der Waals surface area contributed by atoms with E-state index in [1.807, 2.05) is 12.1 Å². The van der Waals surface area contributed by atoms with Crippen molar-refractivity contribution in [2.75, 3.05) is 11.1 Å². The minimum absolute atomic E-state index is 0.235. The van der Waals surface area contributed by atoms with Gasteiger partial charge in [0.1, 0.15) is 6.04 Å². The van der Waals surface area contributed by atoms with Crippen LogP contribution < -0.4 is 11.1 Å². The highest BCUT2D eigenvalue weighted by Crippen LogP contribution is 2.19. The lowest BCUT2D eigenvalue weighted by atomic mass is 10.2. The molecule has 0 aromatic heterocycles. The summed E-state index contributed by atoms with van der Waals surface area (Å²) in [4.78, 5) is 23.1. The van der Waals surface area contributed by atoms with Gasteiger partial charge in [-0.1, -0.05) is 6.92 Å². The van der Waals surface area contributed by atoms with E-state index < -0.39 is 17.9 Å². The largest absolute Gasteiger partial charge is 0.480 e. The van der Waals surface area contributed by atoms with Crippen LogP contribution >= 0.6 is 11.8 Å². The minimum Gasteiger partial charge on any atom is -0.480 e. The summed E-state index contributed by atoms with van der Waals surface area (Å²) in [6, 6.07) is 6.20. The molecule has 0 heterocycles. The maximum Gasteiger partial charge on any atom is 0.321 e. The number of aliphatic carboxylic acids is 1. The Balaban J connectivity index is 2.51. The van der Waals surface area contributed by atoms with Crippen LogP contribution in [-0.4, -0.2) is 28.8 Å². The van der Waals surface area contributed by atoms with Crippen LogP contribution in [-0.2, 0) is 9.59 Å². The summed E-state index contributed by atoms with van der Waals surface area (Å²) >= 11 is 1.71. The fourth-order valence-corrected chi connectivity index (χ4v) is 1.96. The van der Waals surface area contributed by atoms with Crippen LogP contribution in [0.4, 0.5) is 5.69 Å². The molecule has 1 aromatic rings. The first-order chi connectivity index (χ1) is 8.52. The number of carbonyl (C=O) groups is 2. The number of hydrogen-bond donors (Lipinski definition) is 3. The molecular formula is C12H16N2O3S. The van der Waals surface area contributed by atoms with Crippen LogP contribution in [0.15, 0.2) is 29.2 Å². The van der Waals surface area contributed by atoms with E-state index in [0.717, 1.165) is 10.6 Å². The summed E-state index contributed by atoms with van der Waals surface area (Å²) in [6.45, 7) is 2.06. The summed E-state index contributed by atoms with van der Waals surface area (Å²) in [5, 5.41) is 11.2. The predicted octanol–water partition coefficient (Wildman–Crippen LogP) is 1.54. The third-order valence-corrected chi connectivity index (χ3v) is 3.07. The molecule has 0 fully saturated rings. The molecular weight excluding hydrogens is 252 g/mol. The van der Waals surface area contributed by atoms with Crippen LogP contribution in [0.5, 0.6) is 0 Å². The van der Waals surface area contributed by atoms with Crippen molar-refractivity contribution < 1.29 is 14.7 Å². The van der Waals surface area contributed by atoms with Crippen molar-refractivity contribution in [3.63, 3.8) is 0 Å². The zero-order valence-electron chi connectivity index (χ0n) is 10.1. The average Bonchev–Trinajstić information content (AvgIpc) is 2.31. The standard InChI is InChI=1S/C12H16N2O3S/c1-2-18-9-5-3-8(4-6-9)14-11(15)7-10(13)12(16)17/h3-6,10H,2,7,13H2,1H3,(H,14,15)(H,16,17). The van der Waals surface area contributed by atoms with E-state index in [1.165, 1.54) is 0 Å². The summed E-state index contributed by atoms with van der Waals surface area (Å²) in [5.74, 6) is -0.597. The maximum atomic E-state index is 11.5. The Morgan fingerprint density at radius 1 is 1.39 bits per heavy atom. The van der Waals surface area contributed by atoms with Gasteiger partial charge in [0.25, 0.3) is 0 Å². The first kappa shape index (κ1) is 14.5. The van der Waals surface area contributed by atoms with Gasteiger partial charge in [0.05, 0.1) is 6.42 Å². The minimum atomic E-state index is -1.18. The van der Waals surface area contributed by atoms with Gasteiger partial charge < -0.3 is 16.2 Å². The lowest BCUT2D eigenvalue weighted by Crippen LogP contribution is -2.34. The molecule has 1 rings (SSSR count). The molecule has 98 valence electrons. The molecule has 18 heavy (non-hydrogen) atoms. The van der Waals surface area contributed by atoms with Gasteiger partial charge in [-0.05, 0) is 30.0 Å². The number of carboxylic acids is 1. The highest BCUT2D eigenvalue weighted by atomic mass is 32.2. The van der Waals surface area contributed by atoms with Crippen molar-refractivity contribution >= 4 is 29.3 Å². The van der Waals surface area contributed by atoms with E-state index in [0.29, 0.717) is 5.69 Å². The van der Waals surface area contributed by atoms with Gasteiger partial charge in [0.2, 0.25) is 5.91 Å². The summed E-state index contributed by atoms with van der Waals surface area (Å²) < 4.78 is 0. The molecule has 5 nitrogen and oxygen atoms in total. The molecule has 0 aliphatic rings. The third kappa shape index (κ3) is 4.77. The highest BCUT2D eigenvalue weighted by molar-refractivity contribution is 7.99. The SMILES string of the molecule is CCSc1ccc(NC(=O)CC(N)C(=O)O)cc1. The van der Waals surface area contributed by atoms with Gasteiger partial charge in [-0.2, -0.15) is 0 Å². The van der Waals surface area contributed by atoms with Gasteiger partial charge in [0, 0.05) is 10.6 Å². The first-order valence-corrected chi connectivity index (χ1v) is 6.52. The highest BCUT2D eigenvalue weighted by Gasteiger charge is 2.16. The van der Waals surface area contributed by atoms with E-state index in [-0.39, 0.29) is 6.42 Å². The second kappa shape index (κ2) is 7.03. The van der Waals surface area contributed by atoms with Crippen molar-refractivity contribution in [1.82, 2.24) is 0 Å². The molecule has 0 saturated carbocycles. The summed E-state index contributed by atoms with van der Waals surface area (Å²) in [7, 11) is 0. The molecule has 0 aliphatic heterocycles. The van der Waals surface area contributed by atoms with E-state index in [9.17, 15) is 9.59 Å². The number of amides is 1. The zero-order valence-corrected chi connectivity index (χ0v) is 10.9. The number of rotatable bonds is 6. The molecule has 4 N–H and O–H groups in total. The van der Waals surface area contributed by atoms with E-state index >= 15 is 0 Å². The Bertz CT molecular complexity index is 420. The number of carboxylic acid groups (broad SMARTS) is 1. The van der Waals surface area contributed by atoms with Gasteiger partial charge in [0.15, 0.2) is 0 Å². The molecule has 1 atom stereocenters. The lowest BCUT2D eigenvalue weighted by Gasteiger charge is -2.08. The average molecular weight is 268 g/mol. The number of nitrogens with one attached hydrogen (secondary N) is 1. The van der Waals surface area contributed by atoms with Crippen LogP contribution in [0.1, 0.15) is 13.3 Å². The van der Waals surface area contributed by atoms with Crippen molar-refractivity contribution in [2.24, 2.45) is 5.73 Å². The molecule has 1 amide bonds. The van der Waals surface area contributed by atoms with Crippen LogP contribution in [0.3, 0.4) is 0 Å². The van der Waals surface area contributed by atoms with Crippen LogP contribution in [0.25, 0.3) is 0 Å². The second-order valence-electron chi connectivity index (χ2n) is 3.65. The predicted molar refractivity (Wildman–Crippen MR) is 71.7 cm³/mol. The molecule has 0 spiro atoms. The van der Waals surface area contributed by atoms with E-state index in [2.05, 4.69) is 12.2 Å². The molecule has 0 aliphatic carbocycles. The molecule has 0 saturated heterocycles. The maximum absolute atomic E-state index is 11.5. The number of thioether (sulfide) groups is 1. The smallest absolute Gasteiger partial charge is 0.321 e. The monoisotopic (exact) mass is 268 g/mol. The molecule has 1 unspecified atom stereocenters. The number of hydrogen-bond acceptors (Lipinski definition) is 4. The number of carbonyl (C=O) groups excluding carboxylic acids is 1. The first-order valence-electron chi connectivity index (χ1n) is 5.54. The summed E-state index contributed by atoms with van der Waals surface area (Å²) in [5.41, 5.74) is 5.91. The number of benzene rings is 1. The van der Waals surface area contributed by atoms with Crippen molar-refractivity contribution in [3.05, 3.63) is 24.3 Å².